The lowest BCUT2D eigenvalue weighted by Gasteiger charge is -2.32. The van der Waals surface area contributed by atoms with Gasteiger partial charge in [-0.05, 0) is 68.7 Å². The van der Waals surface area contributed by atoms with Crippen LogP contribution in [-0.4, -0.2) is 36.5 Å². The topological polar surface area (TPSA) is 44.4 Å². The molecule has 0 unspecified atom stereocenters. The molecule has 2 aromatic carbocycles. The number of carbonyl (C=O) groups excluding carboxylic acids is 1. The molecule has 0 bridgehead atoms. The van der Waals surface area contributed by atoms with Gasteiger partial charge in [0.25, 0.3) is 5.91 Å². The van der Waals surface area contributed by atoms with Gasteiger partial charge in [-0.3, -0.25) is 4.79 Å². The molecule has 0 aromatic heterocycles. The Bertz CT molecular complexity index is 772. The first-order chi connectivity index (χ1) is 13.7. The minimum Gasteiger partial charge on any atom is -0.322 e. The molecule has 1 aliphatic heterocycles. The maximum atomic E-state index is 12.4. The van der Waals surface area contributed by atoms with Crippen molar-refractivity contribution in [3.05, 3.63) is 64.7 Å². The van der Waals surface area contributed by atoms with E-state index in [1.165, 1.54) is 50.9 Å². The number of unbranched alkanes of at least 4 members (excludes halogenated alkanes) is 1. The molecule has 1 saturated heterocycles. The Hall–Kier alpha value is -1.88. The van der Waals surface area contributed by atoms with Crippen LogP contribution in [0.5, 0.6) is 0 Å². The molecule has 28 heavy (non-hydrogen) atoms. The fourth-order valence-electron chi connectivity index (χ4n) is 3.61. The van der Waals surface area contributed by atoms with E-state index in [0.29, 0.717) is 16.6 Å². The number of nitrogens with one attached hydrogen (secondary N) is 2. The summed E-state index contributed by atoms with van der Waals surface area (Å²) in [5.74, 6) is -0.185. The molecule has 2 N–H and O–H groups in total. The van der Waals surface area contributed by atoms with Crippen LogP contribution in [0, 0.1) is 0 Å². The molecule has 0 aliphatic carbocycles. The Morgan fingerprint density at radius 1 is 1.14 bits per heavy atom. The molecule has 0 saturated carbocycles. The summed E-state index contributed by atoms with van der Waals surface area (Å²) in [6, 6.07) is 15.7. The molecule has 0 atom stereocenters. The highest BCUT2D eigenvalue weighted by molar-refractivity contribution is 6.34. The van der Waals surface area contributed by atoms with Gasteiger partial charge in [-0.1, -0.05) is 49.2 Å². The third-order valence-corrected chi connectivity index (χ3v) is 5.64. The monoisotopic (exact) mass is 399 g/mol. The summed E-state index contributed by atoms with van der Waals surface area (Å²) in [5, 5.41) is 7.08. The molecule has 1 amide bonds. The van der Waals surface area contributed by atoms with Crippen LogP contribution in [0.1, 0.15) is 48.5 Å². The Labute approximate surface area is 173 Å². The Balaban J connectivity index is 1.49. The van der Waals surface area contributed by atoms with Crippen molar-refractivity contribution in [2.24, 2.45) is 0 Å². The van der Waals surface area contributed by atoms with E-state index in [1.807, 2.05) is 30.3 Å². The number of hydrogen-bond donors (Lipinski definition) is 2. The second kappa shape index (κ2) is 10.6. The minimum atomic E-state index is -0.185. The average Bonchev–Trinajstić information content (AvgIpc) is 2.72. The van der Waals surface area contributed by atoms with E-state index in [9.17, 15) is 4.79 Å². The van der Waals surface area contributed by atoms with Gasteiger partial charge in [0.15, 0.2) is 0 Å². The number of likely N-dealkylation sites (tertiary alicyclic amines) is 1. The summed E-state index contributed by atoms with van der Waals surface area (Å²) in [5.41, 5.74) is 2.45. The van der Waals surface area contributed by atoms with Gasteiger partial charge >= 0.3 is 0 Å². The van der Waals surface area contributed by atoms with E-state index in [0.717, 1.165) is 12.2 Å². The molecule has 1 fully saturated rings. The fraction of sp³-hybridized carbons (Fsp3) is 0.435. The third-order valence-electron chi connectivity index (χ3n) is 5.31. The summed E-state index contributed by atoms with van der Waals surface area (Å²) in [7, 11) is 0. The van der Waals surface area contributed by atoms with Crippen LogP contribution >= 0.6 is 11.6 Å². The average molecular weight is 400 g/mol. The number of nitrogens with zero attached hydrogens (tertiary/aromatic N) is 1. The fourth-order valence-corrected chi connectivity index (χ4v) is 3.83. The third kappa shape index (κ3) is 6.06. The van der Waals surface area contributed by atoms with Crippen LogP contribution in [0.15, 0.2) is 48.5 Å². The normalized spacial score (nSPS) is 15.5. The first kappa shape index (κ1) is 20.8. The van der Waals surface area contributed by atoms with E-state index in [1.54, 1.807) is 12.1 Å². The SMILES string of the molecule is CCCCN1CCC(NCc2cccc(NC(=O)c3ccccc3Cl)c2)CC1. The Kier molecular flexibility index (Phi) is 7.90. The molecule has 150 valence electrons. The van der Waals surface area contributed by atoms with Crippen molar-refractivity contribution < 1.29 is 4.79 Å². The molecule has 4 nitrogen and oxygen atoms in total. The summed E-state index contributed by atoms with van der Waals surface area (Å²) in [6.45, 7) is 6.67. The molecule has 2 aromatic rings. The van der Waals surface area contributed by atoms with Crippen LogP contribution in [-0.2, 0) is 6.54 Å². The summed E-state index contributed by atoms with van der Waals surface area (Å²) >= 11 is 6.12. The first-order valence-electron chi connectivity index (χ1n) is 10.3. The van der Waals surface area contributed by atoms with Gasteiger partial charge in [0.1, 0.15) is 0 Å². The summed E-state index contributed by atoms with van der Waals surface area (Å²) in [4.78, 5) is 15.0. The van der Waals surface area contributed by atoms with Crippen molar-refractivity contribution in [2.75, 3.05) is 25.0 Å². The first-order valence-corrected chi connectivity index (χ1v) is 10.6. The largest absolute Gasteiger partial charge is 0.322 e. The second-order valence-corrected chi connectivity index (χ2v) is 7.89. The number of piperidine rings is 1. The minimum absolute atomic E-state index is 0.185. The van der Waals surface area contributed by atoms with Crippen LogP contribution < -0.4 is 10.6 Å². The number of rotatable bonds is 8. The maximum absolute atomic E-state index is 12.4. The van der Waals surface area contributed by atoms with Crippen LogP contribution in [0.2, 0.25) is 5.02 Å². The molecule has 3 rings (SSSR count). The van der Waals surface area contributed by atoms with E-state index in [-0.39, 0.29) is 5.91 Å². The molecule has 1 heterocycles. The smallest absolute Gasteiger partial charge is 0.257 e. The van der Waals surface area contributed by atoms with E-state index >= 15 is 0 Å². The highest BCUT2D eigenvalue weighted by Crippen LogP contribution is 2.18. The lowest BCUT2D eigenvalue weighted by molar-refractivity contribution is 0.102. The number of anilines is 1. The van der Waals surface area contributed by atoms with Crippen molar-refractivity contribution >= 4 is 23.2 Å². The zero-order valence-corrected chi connectivity index (χ0v) is 17.3. The Morgan fingerprint density at radius 3 is 2.68 bits per heavy atom. The lowest BCUT2D eigenvalue weighted by Crippen LogP contribution is -2.42. The number of carbonyl (C=O) groups is 1. The number of benzene rings is 2. The molecular weight excluding hydrogens is 370 g/mol. The van der Waals surface area contributed by atoms with Gasteiger partial charge in [0, 0.05) is 18.3 Å². The van der Waals surface area contributed by atoms with Gasteiger partial charge in [-0.25, -0.2) is 0 Å². The van der Waals surface area contributed by atoms with E-state index in [2.05, 4.69) is 28.5 Å². The number of halogens is 1. The van der Waals surface area contributed by atoms with Crippen molar-refractivity contribution in [3.63, 3.8) is 0 Å². The standard InChI is InChI=1S/C23H30ClN3O/c1-2-3-13-27-14-11-19(12-15-27)25-17-18-7-6-8-20(16-18)26-23(28)21-9-4-5-10-22(21)24/h4-10,16,19,25H,2-3,11-15,17H2,1H3,(H,26,28). The summed E-state index contributed by atoms with van der Waals surface area (Å²) in [6.07, 6.45) is 4.96. The zero-order valence-electron chi connectivity index (χ0n) is 16.6. The van der Waals surface area contributed by atoms with Gasteiger partial charge < -0.3 is 15.5 Å². The van der Waals surface area contributed by atoms with E-state index in [4.69, 9.17) is 11.6 Å². The Morgan fingerprint density at radius 2 is 1.93 bits per heavy atom. The highest BCUT2D eigenvalue weighted by atomic mass is 35.5. The molecule has 5 heteroatoms. The highest BCUT2D eigenvalue weighted by Gasteiger charge is 2.18. The number of hydrogen-bond acceptors (Lipinski definition) is 3. The van der Waals surface area contributed by atoms with Crippen molar-refractivity contribution in [1.82, 2.24) is 10.2 Å². The quantitative estimate of drug-likeness (QED) is 0.660. The number of amides is 1. The summed E-state index contributed by atoms with van der Waals surface area (Å²) < 4.78 is 0. The van der Waals surface area contributed by atoms with Gasteiger partial charge in [0.2, 0.25) is 0 Å². The predicted octanol–water partition coefficient (Wildman–Crippen LogP) is 4.95. The predicted molar refractivity (Wildman–Crippen MR) is 117 cm³/mol. The van der Waals surface area contributed by atoms with Crippen molar-refractivity contribution in [1.29, 1.82) is 0 Å². The maximum Gasteiger partial charge on any atom is 0.257 e. The lowest BCUT2D eigenvalue weighted by atomic mass is 10.0. The second-order valence-electron chi connectivity index (χ2n) is 7.48. The van der Waals surface area contributed by atoms with Crippen LogP contribution in [0.4, 0.5) is 5.69 Å². The van der Waals surface area contributed by atoms with E-state index < -0.39 is 0 Å². The molecule has 0 radical (unpaired) electrons. The van der Waals surface area contributed by atoms with Crippen molar-refractivity contribution in [2.45, 2.75) is 45.2 Å². The van der Waals surface area contributed by atoms with Crippen molar-refractivity contribution in [3.8, 4) is 0 Å². The van der Waals surface area contributed by atoms with Gasteiger partial charge in [-0.15, -0.1) is 0 Å². The zero-order chi connectivity index (χ0) is 19.8. The molecular formula is C23H30ClN3O. The molecule has 1 aliphatic rings. The van der Waals surface area contributed by atoms with Gasteiger partial charge in [-0.2, -0.15) is 0 Å². The van der Waals surface area contributed by atoms with Crippen LogP contribution in [0.3, 0.4) is 0 Å². The van der Waals surface area contributed by atoms with Gasteiger partial charge in [0.05, 0.1) is 10.6 Å². The van der Waals surface area contributed by atoms with Crippen LogP contribution in [0.25, 0.3) is 0 Å². The molecule has 0 spiro atoms.